The van der Waals surface area contributed by atoms with Crippen LogP contribution < -0.4 is 0 Å². The summed E-state index contributed by atoms with van der Waals surface area (Å²) in [5.74, 6) is -0.503. The predicted molar refractivity (Wildman–Crippen MR) is 98.0 cm³/mol. The number of halogens is 3. The Morgan fingerprint density at radius 1 is 1.21 bits per heavy atom. The highest BCUT2D eigenvalue weighted by molar-refractivity contribution is 7.11. The van der Waals surface area contributed by atoms with Crippen molar-refractivity contribution in [3.05, 3.63) is 15.6 Å². The van der Waals surface area contributed by atoms with E-state index in [2.05, 4.69) is 0 Å². The number of fused-ring (bicyclic) bond motifs is 2. The predicted octanol–water partition coefficient (Wildman–Crippen LogP) is 3.11. The van der Waals surface area contributed by atoms with Gasteiger partial charge in [-0.15, -0.1) is 11.3 Å². The molecular formula is C19H24F3N3O2S. The molecule has 0 bridgehead atoms. The number of amides is 2. The van der Waals surface area contributed by atoms with Crippen LogP contribution in [0, 0.1) is 0 Å². The smallest absolute Gasteiger partial charge is 0.337 e. The van der Waals surface area contributed by atoms with Crippen molar-refractivity contribution in [2.24, 2.45) is 0 Å². The van der Waals surface area contributed by atoms with Crippen LogP contribution >= 0.6 is 11.3 Å². The van der Waals surface area contributed by atoms with Gasteiger partial charge in [0.1, 0.15) is 0 Å². The fourth-order valence-electron chi connectivity index (χ4n) is 4.65. The third-order valence-electron chi connectivity index (χ3n) is 6.01. The number of aryl methyl sites for hydroxylation is 2. The first kappa shape index (κ1) is 19.7. The molecule has 2 amide bonds. The van der Waals surface area contributed by atoms with Crippen molar-refractivity contribution in [2.75, 3.05) is 13.1 Å². The lowest BCUT2D eigenvalue weighted by Gasteiger charge is -2.25. The number of carbonyl (C=O) groups is 2. The summed E-state index contributed by atoms with van der Waals surface area (Å²) >= 11 is 1.74. The molecule has 3 aliphatic rings. The minimum absolute atomic E-state index is 0.00959. The first-order chi connectivity index (χ1) is 13.3. The molecule has 28 heavy (non-hydrogen) atoms. The average molecular weight is 415 g/mol. The molecule has 2 saturated heterocycles. The Morgan fingerprint density at radius 2 is 2.00 bits per heavy atom. The molecule has 2 fully saturated rings. The van der Waals surface area contributed by atoms with Gasteiger partial charge in [-0.3, -0.25) is 9.59 Å². The van der Waals surface area contributed by atoms with Crippen LogP contribution in [-0.4, -0.2) is 57.9 Å². The van der Waals surface area contributed by atoms with Gasteiger partial charge in [0.05, 0.1) is 29.2 Å². The standard InChI is InChI=1S/C19H24F3N3O2S/c20-19(21,22)8-5-17(26)25-9-6-13-14(25)11-18(27)24(13)10-7-16-23-12-3-1-2-4-15(12)28-16/h13-14H,1-11H2/t13-,14-/m0/s1. The lowest BCUT2D eigenvalue weighted by atomic mass is 10.0. The quantitative estimate of drug-likeness (QED) is 0.743. The van der Waals surface area contributed by atoms with Gasteiger partial charge in [0.15, 0.2) is 0 Å². The number of alkyl halides is 3. The largest absolute Gasteiger partial charge is 0.389 e. The van der Waals surface area contributed by atoms with Crippen molar-refractivity contribution in [3.63, 3.8) is 0 Å². The highest BCUT2D eigenvalue weighted by Gasteiger charge is 2.48. The zero-order valence-electron chi connectivity index (χ0n) is 15.6. The van der Waals surface area contributed by atoms with Crippen molar-refractivity contribution in [1.82, 2.24) is 14.8 Å². The molecule has 0 aromatic carbocycles. The first-order valence-electron chi connectivity index (χ1n) is 9.95. The monoisotopic (exact) mass is 415 g/mol. The average Bonchev–Trinajstić information content (AvgIpc) is 3.30. The summed E-state index contributed by atoms with van der Waals surface area (Å²) < 4.78 is 37.2. The van der Waals surface area contributed by atoms with Crippen molar-refractivity contribution >= 4 is 23.2 Å². The fraction of sp³-hybridized carbons (Fsp3) is 0.737. The van der Waals surface area contributed by atoms with E-state index in [0.717, 1.165) is 17.8 Å². The van der Waals surface area contributed by atoms with E-state index in [9.17, 15) is 22.8 Å². The van der Waals surface area contributed by atoms with Crippen molar-refractivity contribution in [1.29, 1.82) is 0 Å². The molecule has 2 aliphatic heterocycles. The van der Waals surface area contributed by atoms with E-state index in [1.807, 2.05) is 4.90 Å². The van der Waals surface area contributed by atoms with Gasteiger partial charge in [-0.2, -0.15) is 13.2 Å². The Balaban J connectivity index is 1.35. The van der Waals surface area contributed by atoms with Gasteiger partial charge in [-0.25, -0.2) is 4.98 Å². The summed E-state index contributed by atoms with van der Waals surface area (Å²) in [5, 5.41) is 1.05. The SMILES string of the molecule is O=C1C[C@H]2[C@H](CCN2C(=O)CCC(F)(F)F)N1CCc1nc2c(s1)CCCC2. The zero-order chi connectivity index (χ0) is 19.9. The topological polar surface area (TPSA) is 53.5 Å². The number of nitrogens with zero attached hydrogens (tertiary/aromatic N) is 3. The van der Waals surface area contributed by atoms with Gasteiger partial charge in [0.25, 0.3) is 0 Å². The number of hydrogen-bond donors (Lipinski definition) is 0. The fourth-order valence-corrected chi connectivity index (χ4v) is 5.79. The van der Waals surface area contributed by atoms with Gasteiger partial charge in [0.2, 0.25) is 11.8 Å². The van der Waals surface area contributed by atoms with Crippen LogP contribution in [0.5, 0.6) is 0 Å². The zero-order valence-corrected chi connectivity index (χ0v) is 16.4. The molecule has 9 heteroatoms. The maximum absolute atomic E-state index is 12.5. The summed E-state index contributed by atoms with van der Waals surface area (Å²) in [7, 11) is 0. The van der Waals surface area contributed by atoms with Gasteiger partial charge in [-0.05, 0) is 32.1 Å². The Labute approximate surface area is 165 Å². The van der Waals surface area contributed by atoms with Gasteiger partial charge >= 0.3 is 6.18 Å². The van der Waals surface area contributed by atoms with Gasteiger partial charge in [-0.1, -0.05) is 0 Å². The molecular weight excluding hydrogens is 391 g/mol. The molecule has 2 atom stereocenters. The van der Waals surface area contributed by atoms with E-state index in [1.165, 1.54) is 28.3 Å². The third-order valence-corrected chi connectivity index (χ3v) is 7.23. The van der Waals surface area contributed by atoms with Gasteiger partial charge < -0.3 is 9.80 Å². The van der Waals surface area contributed by atoms with E-state index in [-0.39, 0.29) is 24.4 Å². The number of aromatic nitrogens is 1. The highest BCUT2D eigenvalue weighted by atomic mass is 32.1. The molecule has 0 unspecified atom stereocenters. The first-order valence-corrected chi connectivity index (χ1v) is 10.8. The second-order valence-electron chi connectivity index (χ2n) is 7.85. The van der Waals surface area contributed by atoms with E-state index in [0.29, 0.717) is 25.9 Å². The summed E-state index contributed by atoms with van der Waals surface area (Å²) in [6.45, 7) is 0.998. The molecule has 0 N–H and O–H groups in total. The number of hydrogen-bond acceptors (Lipinski definition) is 4. The van der Waals surface area contributed by atoms with Crippen molar-refractivity contribution in [3.8, 4) is 0 Å². The van der Waals surface area contributed by atoms with E-state index in [4.69, 9.17) is 4.98 Å². The lowest BCUT2D eigenvalue weighted by molar-refractivity contribution is -0.149. The van der Waals surface area contributed by atoms with Crippen LogP contribution in [-0.2, 0) is 28.9 Å². The molecule has 0 radical (unpaired) electrons. The Bertz CT molecular complexity index is 741. The molecule has 0 saturated carbocycles. The number of likely N-dealkylation sites (tertiary alicyclic amines) is 2. The Hall–Kier alpha value is -1.64. The normalized spacial score (nSPS) is 24.6. The second kappa shape index (κ2) is 7.65. The molecule has 1 aliphatic carbocycles. The second-order valence-corrected chi connectivity index (χ2v) is 9.02. The molecule has 0 spiro atoms. The maximum Gasteiger partial charge on any atom is 0.389 e. The number of rotatable bonds is 5. The van der Waals surface area contributed by atoms with E-state index in [1.54, 1.807) is 11.3 Å². The molecule has 1 aromatic rings. The summed E-state index contributed by atoms with van der Waals surface area (Å²) in [4.78, 5) is 34.1. The van der Waals surface area contributed by atoms with Crippen LogP contribution in [0.4, 0.5) is 13.2 Å². The van der Waals surface area contributed by atoms with E-state index < -0.39 is 24.9 Å². The summed E-state index contributed by atoms with van der Waals surface area (Å²) in [6.07, 6.45) is 0.109. The maximum atomic E-state index is 12.5. The minimum Gasteiger partial charge on any atom is -0.337 e. The van der Waals surface area contributed by atoms with Crippen LogP contribution in [0.25, 0.3) is 0 Å². The molecule has 4 rings (SSSR count). The van der Waals surface area contributed by atoms with Crippen LogP contribution in [0.2, 0.25) is 0 Å². The highest BCUT2D eigenvalue weighted by Crippen LogP contribution is 2.34. The van der Waals surface area contributed by atoms with Crippen LogP contribution in [0.3, 0.4) is 0 Å². The lowest BCUT2D eigenvalue weighted by Crippen LogP contribution is -2.40. The Morgan fingerprint density at radius 3 is 2.75 bits per heavy atom. The van der Waals surface area contributed by atoms with Crippen molar-refractivity contribution in [2.45, 2.75) is 76.0 Å². The molecule has 1 aromatic heterocycles. The van der Waals surface area contributed by atoms with Crippen LogP contribution in [0.1, 0.15) is 54.1 Å². The molecule has 154 valence electrons. The molecule has 5 nitrogen and oxygen atoms in total. The molecule has 3 heterocycles. The Kier molecular flexibility index (Phi) is 5.37. The van der Waals surface area contributed by atoms with E-state index >= 15 is 0 Å². The third kappa shape index (κ3) is 4.04. The summed E-state index contributed by atoms with van der Waals surface area (Å²) in [5.41, 5.74) is 1.21. The van der Waals surface area contributed by atoms with Crippen molar-refractivity contribution < 1.29 is 22.8 Å². The number of carbonyl (C=O) groups excluding carboxylic acids is 2. The van der Waals surface area contributed by atoms with Gasteiger partial charge in [0, 0.05) is 37.2 Å². The van der Waals surface area contributed by atoms with Crippen LogP contribution in [0.15, 0.2) is 0 Å². The summed E-state index contributed by atoms with van der Waals surface area (Å²) in [6, 6.07) is -0.352. The number of thiazole rings is 1. The minimum atomic E-state index is -4.33.